The molecule has 86 valence electrons. The van der Waals surface area contributed by atoms with Gasteiger partial charge in [-0.25, -0.2) is 0 Å². The number of amides is 1. The van der Waals surface area contributed by atoms with Gasteiger partial charge in [0.05, 0.1) is 12.9 Å². The highest BCUT2D eigenvalue weighted by Gasteiger charge is 2.08. The third-order valence-electron chi connectivity index (χ3n) is 1.59. The molecule has 15 heavy (non-hydrogen) atoms. The first kappa shape index (κ1) is 13.4. The van der Waals surface area contributed by atoms with Crippen LogP contribution >= 0.6 is 0 Å². The summed E-state index contributed by atoms with van der Waals surface area (Å²) in [6.45, 7) is 4.18. The van der Waals surface area contributed by atoms with Crippen molar-refractivity contribution in [1.82, 2.24) is 10.6 Å². The van der Waals surface area contributed by atoms with Gasteiger partial charge in [0.25, 0.3) is 5.97 Å². The van der Waals surface area contributed by atoms with Crippen LogP contribution < -0.4 is 10.6 Å². The van der Waals surface area contributed by atoms with Crippen molar-refractivity contribution in [2.24, 2.45) is 4.99 Å². The molecule has 0 radical (unpaired) electrons. The predicted octanol–water partition coefficient (Wildman–Crippen LogP) is -0.396. The molecular formula is C9H17N3O3. The third-order valence-corrected chi connectivity index (χ3v) is 1.59. The van der Waals surface area contributed by atoms with Gasteiger partial charge in [-0.3, -0.25) is 14.6 Å². The van der Waals surface area contributed by atoms with Crippen LogP contribution in [0.2, 0.25) is 0 Å². The second kappa shape index (κ2) is 7.78. The van der Waals surface area contributed by atoms with E-state index >= 15 is 0 Å². The summed E-state index contributed by atoms with van der Waals surface area (Å²) >= 11 is 0. The highest BCUT2D eigenvalue weighted by molar-refractivity contribution is 5.72. The third kappa shape index (κ3) is 10.3. The lowest BCUT2D eigenvalue weighted by Crippen LogP contribution is -2.31. The van der Waals surface area contributed by atoms with Crippen LogP contribution in [0, 0.1) is 0 Å². The second-order valence-electron chi connectivity index (χ2n) is 3.15. The summed E-state index contributed by atoms with van der Waals surface area (Å²) in [7, 11) is 0. The minimum absolute atomic E-state index is 0.0314. The molecule has 1 rings (SSSR count). The highest BCUT2D eigenvalue weighted by atomic mass is 16.4. The number of hydrogen-bond acceptors (Lipinski definition) is 4. The molecule has 6 nitrogen and oxygen atoms in total. The molecular weight excluding hydrogens is 198 g/mol. The molecule has 0 unspecified atom stereocenters. The largest absolute Gasteiger partial charge is 0.481 e. The fourth-order valence-corrected chi connectivity index (χ4v) is 0.988. The zero-order valence-corrected chi connectivity index (χ0v) is 8.99. The van der Waals surface area contributed by atoms with Gasteiger partial charge >= 0.3 is 0 Å². The molecule has 1 atom stereocenters. The Morgan fingerprint density at radius 1 is 1.60 bits per heavy atom. The van der Waals surface area contributed by atoms with E-state index in [0.717, 1.165) is 26.4 Å². The number of hydrogen-bond donors (Lipinski definition) is 3. The van der Waals surface area contributed by atoms with E-state index in [2.05, 4.69) is 15.6 Å². The highest BCUT2D eigenvalue weighted by Crippen LogP contribution is 1.94. The lowest BCUT2D eigenvalue weighted by atomic mass is 10.2. The summed E-state index contributed by atoms with van der Waals surface area (Å²) in [6, 6.07) is 0.418. The molecule has 0 aromatic heterocycles. The number of carbonyl (C=O) groups excluding carboxylic acids is 1. The summed E-state index contributed by atoms with van der Waals surface area (Å²) < 4.78 is 0. The Labute approximate surface area is 88.8 Å². The Hall–Kier alpha value is -1.59. The maximum absolute atomic E-state index is 10.5. The lowest BCUT2D eigenvalue weighted by Gasteiger charge is -2.08. The van der Waals surface area contributed by atoms with Crippen LogP contribution in [0.15, 0.2) is 4.99 Å². The topological polar surface area (TPSA) is 90.8 Å². The van der Waals surface area contributed by atoms with Crippen molar-refractivity contribution in [3.63, 3.8) is 0 Å². The van der Waals surface area contributed by atoms with Gasteiger partial charge in [0.15, 0.2) is 0 Å². The second-order valence-corrected chi connectivity index (χ2v) is 3.15. The average molecular weight is 215 g/mol. The summed E-state index contributed by atoms with van der Waals surface area (Å²) in [6.07, 6.45) is 2.66. The fraction of sp³-hybridized carbons (Fsp3) is 0.667. The van der Waals surface area contributed by atoms with Crippen molar-refractivity contribution in [2.75, 3.05) is 13.1 Å². The molecule has 1 aliphatic rings. The van der Waals surface area contributed by atoms with Crippen molar-refractivity contribution in [1.29, 1.82) is 0 Å². The van der Waals surface area contributed by atoms with Crippen LogP contribution in [0.25, 0.3) is 0 Å². The molecule has 0 spiro atoms. The number of aliphatic carboxylic acids is 1. The number of nitrogens with one attached hydrogen (secondary N) is 2. The number of carboxylic acid groups (broad SMARTS) is 1. The van der Waals surface area contributed by atoms with E-state index in [1.807, 2.05) is 0 Å². The lowest BCUT2D eigenvalue weighted by molar-refractivity contribution is -0.134. The van der Waals surface area contributed by atoms with E-state index in [1.165, 1.54) is 6.92 Å². The van der Waals surface area contributed by atoms with E-state index in [4.69, 9.17) is 9.90 Å². The monoisotopic (exact) mass is 215 g/mol. The number of aliphatic imine (C=N–C) groups is 1. The molecule has 1 aliphatic heterocycles. The van der Waals surface area contributed by atoms with Crippen LogP contribution in [-0.2, 0) is 9.59 Å². The Morgan fingerprint density at radius 2 is 2.20 bits per heavy atom. The van der Waals surface area contributed by atoms with Crippen molar-refractivity contribution >= 4 is 18.2 Å². The van der Waals surface area contributed by atoms with Crippen molar-refractivity contribution in [3.8, 4) is 0 Å². The zero-order valence-electron chi connectivity index (χ0n) is 8.99. The quantitative estimate of drug-likeness (QED) is 0.597. The molecule has 0 bridgehead atoms. The van der Waals surface area contributed by atoms with Crippen molar-refractivity contribution in [2.45, 2.75) is 26.3 Å². The number of carbonyl (C=O) groups is 2. The molecule has 1 heterocycles. The molecule has 0 saturated heterocycles. The Kier molecular flexibility index (Phi) is 6.96. The maximum atomic E-state index is 10.5. The molecule has 0 aromatic rings. The minimum atomic E-state index is -0.833. The van der Waals surface area contributed by atoms with Gasteiger partial charge in [-0.1, -0.05) is 0 Å². The number of rotatable bonds is 3. The van der Waals surface area contributed by atoms with E-state index in [1.54, 1.807) is 6.34 Å². The van der Waals surface area contributed by atoms with E-state index in [9.17, 15) is 4.79 Å². The van der Waals surface area contributed by atoms with Gasteiger partial charge < -0.3 is 15.7 Å². The first-order valence-electron chi connectivity index (χ1n) is 4.70. The van der Waals surface area contributed by atoms with Crippen LogP contribution in [-0.4, -0.2) is 42.5 Å². The zero-order chi connectivity index (χ0) is 11.7. The van der Waals surface area contributed by atoms with E-state index in [-0.39, 0.29) is 5.91 Å². The van der Waals surface area contributed by atoms with Crippen LogP contribution in [0.5, 0.6) is 0 Å². The number of carboxylic acids is 1. The van der Waals surface area contributed by atoms with Gasteiger partial charge in [-0.2, -0.15) is 0 Å². The minimum Gasteiger partial charge on any atom is -0.481 e. The van der Waals surface area contributed by atoms with Crippen molar-refractivity contribution < 1.29 is 14.7 Å². The molecule has 1 amide bonds. The normalized spacial score (nSPS) is 17.3. The summed E-state index contributed by atoms with van der Waals surface area (Å²) in [5, 5.41) is 13.2. The van der Waals surface area contributed by atoms with Crippen LogP contribution in [0.4, 0.5) is 0 Å². The summed E-state index contributed by atoms with van der Waals surface area (Å²) in [4.78, 5) is 23.5. The summed E-state index contributed by atoms with van der Waals surface area (Å²) in [5.74, 6) is -0.802. The van der Waals surface area contributed by atoms with Gasteiger partial charge in [-0.05, 0) is 6.42 Å². The fourth-order valence-electron chi connectivity index (χ4n) is 0.988. The Balaban J connectivity index is 0.000000423. The molecule has 0 aliphatic carbocycles. The maximum Gasteiger partial charge on any atom is 0.300 e. The predicted molar refractivity (Wildman–Crippen MR) is 56.9 cm³/mol. The van der Waals surface area contributed by atoms with Crippen LogP contribution in [0.1, 0.15) is 20.3 Å². The first-order chi connectivity index (χ1) is 7.02. The Morgan fingerprint density at radius 3 is 2.60 bits per heavy atom. The molecule has 3 N–H and O–H groups in total. The number of nitrogens with zero attached hydrogens (tertiary/aromatic N) is 1. The molecule has 0 saturated carbocycles. The Bertz CT molecular complexity index is 229. The van der Waals surface area contributed by atoms with E-state index in [0.29, 0.717) is 6.04 Å². The summed E-state index contributed by atoms with van der Waals surface area (Å²) in [5.41, 5.74) is 0. The van der Waals surface area contributed by atoms with Gasteiger partial charge in [0.2, 0.25) is 5.91 Å². The van der Waals surface area contributed by atoms with Gasteiger partial charge in [-0.15, -0.1) is 0 Å². The first-order valence-corrected chi connectivity index (χ1v) is 4.70. The molecule has 0 aromatic carbocycles. The molecule has 0 fully saturated rings. The van der Waals surface area contributed by atoms with E-state index < -0.39 is 5.97 Å². The smallest absolute Gasteiger partial charge is 0.300 e. The van der Waals surface area contributed by atoms with Gasteiger partial charge in [0, 0.05) is 26.4 Å². The standard InChI is InChI=1S/C7H13N3O.C2H4O2/c1-6(11)9-3-2-7-4-8-5-10-7;1-2(3)4/h5,7H,2-4H2,1H3,(H,8,10)(H,9,11);1H3,(H,3,4)/t7-;/m0./s1. The van der Waals surface area contributed by atoms with Crippen LogP contribution in [0.3, 0.4) is 0 Å². The van der Waals surface area contributed by atoms with Gasteiger partial charge in [0.1, 0.15) is 0 Å². The van der Waals surface area contributed by atoms with Crippen molar-refractivity contribution in [3.05, 3.63) is 0 Å². The molecule has 6 heteroatoms. The average Bonchev–Trinajstić information content (AvgIpc) is 2.54. The SMILES string of the molecule is CC(=O)NCC[C@H]1CN=CN1.CC(=O)O.